The second-order valence-electron chi connectivity index (χ2n) is 4.77. The van der Waals surface area contributed by atoms with Crippen molar-refractivity contribution in [1.82, 2.24) is 14.5 Å². The molecule has 0 radical (unpaired) electrons. The minimum atomic E-state index is -3.81. The van der Waals surface area contributed by atoms with Gasteiger partial charge in [0.2, 0.25) is 5.91 Å². The molecular formula is C12H20ClN3O3S. The fourth-order valence-corrected chi connectivity index (χ4v) is 2.48. The molecule has 0 fully saturated rings. The van der Waals surface area contributed by atoms with E-state index in [-0.39, 0.29) is 10.9 Å². The number of carbonyl (C=O) groups excluding carboxylic acids is 1. The zero-order chi connectivity index (χ0) is 15.3. The van der Waals surface area contributed by atoms with Crippen molar-refractivity contribution < 1.29 is 13.2 Å². The molecule has 0 N–H and O–H groups in total. The summed E-state index contributed by atoms with van der Waals surface area (Å²) >= 11 is 0. The molecule has 0 atom stereocenters. The van der Waals surface area contributed by atoms with Crippen LogP contribution in [0.15, 0.2) is 11.2 Å². The van der Waals surface area contributed by atoms with Gasteiger partial charge in [-0.15, -0.1) is 0 Å². The first kappa shape index (κ1) is 17.0. The molecule has 0 aliphatic heterocycles. The van der Waals surface area contributed by atoms with Crippen molar-refractivity contribution in [1.29, 1.82) is 0 Å². The first-order valence-corrected chi connectivity index (χ1v) is 8.77. The van der Waals surface area contributed by atoms with E-state index < -0.39 is 9.05 Å². The highest BCUT2D eigenvalue weighted by Crippen LogP contribution is 2.16. The third-order valence-corrected chi connectivity index (χ3v) is 4.02. The molecule has 0 unspecified atom stereocenters. The number of aryl methyl sites for hydroxylation is 2. The topological polar surface area (TPSA) is 72.3 Å². The van der Waals surface area contributed by atoms with E-state index >= 15 is 0 Å². The van der Waals surface area contributed by atoms with Crippen LogP contribution < -0.4 is 0 Å². The second-order valence-corrected chi connectivity index (χ2v) is 7.28. The zero-order valence-electron chi connectivity index (χ0n) is 12.0. The maximum absolute atomic E-state index is 11.5. The molecule has 20 heavy (non-hydrogen) atoms. The Hall–Kier alpha value is -1.08. The normalized spacial score (nSPS) is 11.6. The van der Waals surface area contributed by atoms with Gasteiger partial charge >= 0.3 is 0 Å². The molecule has 0 aliphatic rings. The summed E-state index contributed by atoms with van der Waals surface area (Å²) < 4.78 is 24.4. The third-order valence-electron chi connectivity index (χ3n) is 2.85. The zero-order valence-corrected chi connectivity index (χ0v) is 13.5. The average Bonchev–Trinajstić information content (AvgIpc) is 2.72. The molecule has 114 valence electrons. The quantitative estimate of drug-likeness (QED) is 0.716. The summed E-state index contributed by atoms with van der Waals surface area (Å²) in [5.74, 6) is 0.733. The first-order valence-electron chi connectivity index (χ1n) is 6.46. The van der Waals surface area contributed by atoms with Gasteiger partial charge in [-0.1, -0.05) is 6.92 Å². The van der Waals surface area contributed by atoms with Crippen molar-refractivity contribution in [2.24, 2.45) is 0 Å². The Kier molecular flexibility index (Phi) is 6.01. The number of hydrogen-bond donors (Lipinski definition) is 0. The van der Waals surface area contributed by atoms with Gasteiger partial charge in [-0.2, -0.15) is 0 Å². The second kappa shape index (κ2) is 7.08. The van der Waals surface area contributed by atoms with Crippen LogP contribution in [0.1, 0.15) is 32.0 Å². The highest BCUT2D eigenvalue weighted by atomic mass is 35.7. The number of rotatable bonds is 7. The lowest BCUT2D eigenvalue weighted by atomic mass is 10.2. The Balaban J connectivity index is 2.78. The summed E-state index contributed by atoms with van der Waals surface area (Å²) in [6, 6.07) is 0. The van der Waals surface area contributed by atoms with Gasteiger partial charge in [-0.05, 0) is 12.8 Å². The SMILES string of the molecule is CCCc1nc(S(=O)(=O)Cl)cn1CCCC(=O)N(C)C. The number of carbonyl (C=O) groups is 1. The minimum Gasteiger partial charge on any atom is -0.349 e. The van der Waals surface area contributed by atoms with Gasteiger partial charge in [0.15, 0.2) is 5.03 Å². The summed E-state index contributed by atoms with van der Waals surface area (Å²) in [4.78, 5) is 17.1. The lowest BCUT2D eigenvalue weighted by molar-refractivity contribution is -0.128. The molecule has 1 heterocycles. The molecule has 0 aromatic carbocycles. The van der Waals surface area contributed by atoms with Crippen LogP contribution in [0.2, 0.25) is 0 Å². The maximum atomic E-state index is 11.5. The number of aromatic nitrogens is 2. The summed E-state index contributed by atoms with van der Waals surface area (Å²) in [6.07, 6.45) is 4.02. The largest absolute Gasteiger partial charge is 0.349 e. The van der Waals surface area contributed by atoms with Crippen molar-refractivity contribution >= 4 is 25.6 Å². The van der Waals surface area contributed by atoms with Gasteiger partial charge in [-0.3, -0.25) is 4.79 Å². The Morgan fingerprint density at radius 1 is 1.45 bits per heavy atom. The number of hydrogen-bond acceptors (Lipinski definition) is 4. The first-order chi connectivity index (χ1) is 9.25. The molecule has 1 aromatic rings. The van der Waals surface area contributed by atoms with E-state index in [1.807, 2.05) is 6.92 Å². The third kappa shape index (κ3) is 4.79. The molecule has 1 rings (SSSR count). The molecule has 0 saturated carbocycles. The van der Waals surface area contributed by atoms with E-state index in [1.54, 1.807) is 18.7 Å². The smallest absolute Gasteiger partial charge is 0.280 e. The summed E-state index contributed by atoms with van der Waals surface area (Å²) in [5, 5.41) is -0.124. The Morgan fingerprint density at radius 3 is 2.60 bits per heavy atom. The van der Waals surface area contributed by atoms with E-state index in [0.29, 0.717) is 31.6 Å². The highest BCUT2D eigenvalue weighted by molar-refractivity contribution is 8.13. The maximum Gasteiger partial charge on any atom is 0.280 e. The van der Waals surface area contributed by atoms with Gasteiger partial charge in [0.25, 0.3) is 9.05 Å². The summed E-state index contributed by atoms with van der Waals surface area (Å²) in [7, 11) is 4.91. The Morgan fingerprint density at radius 2 is 2.10 bits per heavy atom. The van der Waals surface area contributed by atoms with E-state index in [0.717, 1.165) is 6.42 Å². The van der Waals surface area contributed by atoms with Crippen LogP contribution in [0.25, 0.3) is 0 Å². The van der Waals surface area contributed by atoms with Crippen molar-refractivity contribution in [2.45, 2.75) is 44.2 Å². The molecule has 0 bridgehead atoms. The van der Waals surface area contributed by atoms with Crippen molar-refractivity contribution in [3.63, 3.8) is 0 Å². The number of amides is 1. The molecule has 1 amide bonds. The van der Waals surface area contributed by atoms with Crippen molar-refractivity contribution in [3.05, 3.63) is 12.0 Å². The van der Waals surface area contributed by atoms with Gasteiger partial charge < -0.3 is 9.47 Å². The molecule has 6 nitrogen and oxygen atoms in total. The van der Waals surface area contributed by atoms with Crippen LogP contribution in [0.3, 0.4) is 0 Å². The van der Waals surface area contributed by atoms with E-state index in [4.69, 9.17) is 10.7 Å². The Labute approximate surface area is 124 Å². The fraction of sp³-hybridized carbons (Fsp3) is 0.667. The average molecular weight is 322 g/mol. The van der Waals surface area contributed by atoms with Crippen LogP contribution in [0.5, 0.6) is 0 Å². The number of imidazole rings is 1. The summed E-state index contributed by atoms with van der Waals surface area (Å²) in [6.45, 7) is 2.54. The van der Waals surface area contributed by atoms with E-state index in [2.05, 4.69) is 4.98 Å². The molecule has 1 aromatic heterocycles. The van der Waals surface area contributed by atoms with Gasteiger partial charge in [0, 0.05) is 50.4 Å². The fourth-order valence-electron chi connectivity index (χ4n) is 1.79. The highest BCUT2D eigenvalue weighted by Gasteiger charge is 2.17. The lowest BCUT2D eigenvalue weighted by Crippen LogP contribution is -2.21. The van der Waals surface area contributed by atoms with Crippen LogP contribution in [0, 0.1) is 0 Å². The minimum absolute atomic E-state index is 0.0485. The predicted molar refractivity (Wildman–Crippen MR) is 77.2 cm³/mol. The van der Waals surface area contributed by atoms with Crippen LogP contribution in [0.4, 0.5) is 0 Å². The molecule has 0 aliphatic carbocycles. The van der Waals surface area contributed by atoms with Crippen LogP contribution in [-0.2, 0) is 26.8 Å². The van der Waals surface area contributed by atoms with Crippen LogP contribution in [-0.4, -0.2) is 42.9 Å². The van der Waals surface area contributed by atoms with E-state index in [9.17, 15) is 13.2 Å². The van der Waals surface area contributed by atoms with Gasteiger partial charge in [-0.25, -0.2) is 13.4 Å². The standard InChI is InChI=1S/C12H20ClN3O3S/c1-4-6-10-14-11(20(13,18)19)9-16(10)8-5-7-12(17)15(2)3/h9H,4-8H2,1-3H3. The predicted octanol–water partition coefficient (Wildman–Crippen LogP) is 1.63. The number of halogens is 1. The lowest BCUT2D eigenvalue weighted by Gasteiger charge is -2.10. The van der Waals surface area contributed by atoms with Gasteiger partial charge in [0.05, 0.1) is 0 Å². The van der Waals surface area contributed by atoms with Crippen molar-refractivity contribution in [2.75, 3.05) is 14.1 Å². The molecule has 8 heteroatoms. The van der Waals surface area contributed by atoms with Crippen LogP contribution >= 0.6 is 10.7 Å². The molecule has 0 saturated heterocycles. The molecule has 0 spiro atoms. The monoisotopic (exact) mass is 321 g/mol. The van der Waals surface area contributed by atoms with Crippen molar-refractivity contribution in [3.8, 4) is 0 Å². The Bertz CT molecular complexity index is 567. The molecular weight excluding hydrogens is 302 g/mol. The number of nitrogens with zero attached hydrogens (tertiary/aromatic N) is 3. The summed E-state index contributed by atoms with van der Waals surface area (Å²) in [5.41, 5.74) is 0. The van der Waals surface area contributed by atoms with E-state index in [1.165, 1.54) is 11.1 Å². The van der Waals surface area contributed by atoms with Gasteiger partial charge in [0.1, 0.15) is 5.82 Å².